The van der Waals surface area contributed by atoms with Crippen LogP contribution >= 0.6 is 24.0 Å². The van der Waals surface area contributed by atoms with Crippen LogP contribution in [0.25, 0.3) is 0 Å². The van der Waals surface area contributed by atoms with Crippen LogP contribution in [-0.2, 0) is 4.74 Å². The van der Waals surface area contributed by atoms with E-state index in [0.29, 0.717) is 12.6 Å². The number of ether oxygens (including phenoxy) is 1. The predicted molar refractivity (Wildman–Crippen MR) is 128 cm³/mol. The molecular formula is C20H42IN5O2. The first-order chi connectivity index (χ1) is 13.1. The van der Waals surface area contributed by atoms with Gasteiger partial charge in [-0.3, -0.25) is 4.99 Å². The average molecular weight is 511 g/mol. The second-order valence-electron chi connectivity index (χ2n) is 7.44. The van der Waals surface area contributed by atoms with Crippen molar-refractivity contribution in [3.8, 4) is 0 Å². The van der Waals surface area contributed by atoms with Gasteiger partial charge in [-0.2, -0.15) is 0 Å². The maximum absolute atomic E-state index is 11.8. The van der Waals surface area contributed by atoms with Crippen LogP contribution in [0.1, 0.15) is 58.8 Å². The lowest BCUT2D eigenvalue weighted by molar-refractivity contribution is 0.0963. The van der Waals surface area contributed by atoms with Gasteiger partial charge < -0.3 is 25.2 Å². The van der Waals surface area contributed by atoms with Crippen molar-refractivity contribution in [3.05, 3.63) is 0 Å². The second-order valence-corrected chi connectivity index (χ2v) is 7.44. The van der Waals surface area contributed by atoms with Crippen molar-refractivity contribution >= 4 is 36.0 Å². The summed E-state index contributed by atoms with van der Waals surface area (Å²) in [6.45, 7) is 8.75. The third-order valence-corrected chi connectivity index (χ3v) is 4.74. The summed E-state index contributed by atoms with van der Waals surface area (Å²) >= 11 is 0. The molecule has 7 nitrogen and oxygen atoms in total. The highest BCUT2D eigenvalue weighted by atomic mass is 127. The van der Waals surface area contributed by atoms with Gasteiger partial charge in [0.1, 0.15) is 0 Å². The number of hydrogen-bond donors (Lipinski definition) is 2. The van der Waals surface area contributed by atoms with E-state index in [9.17, 15) is 4.79 Å². The van der Waals surface area contributed by atoms with Gasteiger partial charge in [0.05, 0.1) is 6.61 Å². The number of nitrogens with one attached hydrogen (secondary N) is 2. The van der Waals surface area contributed by atoms with Crippen molar-refractivity contribution in [1.29, 1.82) is 0 Å². The largest absolute Gasteiger partial charge is 0.450 e. The molecule has 2 N–H and O–H groups in total. The van der Waals surface area contributed by atoms with Crippen molar-refractivity contribution < 1.29 is 9.53 Å². The van der Waals surface area contributed by atoms with Gasteiger partial charge in [0, 0.05) is 32.2 Å². The van der Waals surface area contributed by atoms with Crippen molar-refractivity contribution in [2.75, 3.05) is 53.4 Å². The van der Waals surface area contributed by atoms with Gasteiger partial charge in [0.2, 0.25) is 0 Å². The summed E-state index contributed by atoms with van der Waals surface area (Å²) in [6.07, 6.45) is 7.92. The van der Waals surface area contributed by atoms with Crippen molar-refractivity contribution in [3.63, 3.8) is 0 Å². The summed E-state index contributed by atoms with van der Waals surface area (Å²) in [7, 11) is 4.26. The van der Waals surface area contributed by atoms with Crippen LogP contribution in [-0.4, -0.2) is 81.3 Å². The van der Waals surface area contributed by atoms with E-state index in [1.165, 1.54) is 32.2 Å². The molecule has 0 unspecified atom stereocenters. The molecule has 1 amide bonds. The molecule has 1 saturated heterocycles. The van der Waals surface area contributed by atoms with E-state index in [1.807, 2.05) is 6.92 Å². The lowest BCUT2D eigenvalue weighted by Crippen LogP contribution is -2.49. The maximum atomic E-state index is 11.8. The number of carbonyl (C=O) groups is 1. The Bertz CT molecular complexity index is 427. The molecule has 0 spiro atoms. The number of aliphatic imine (C=N–C) groups is 1. The molecule has 0 aliphatic carbocycles. The van der Waals surface area contributed by atoms with Crippen LogP contribution in [0, 0.1) is 0 Å². The van der Waals surface area contributed by atoms with E-state index in [1.54, 1.807) is 4.90 Å². The Labute approximate surface area is 189 Å². The van der Waals surface area contributed by atoms with Crippen LogP contribution in [0.15, 0.2) is 4.99 Å². The summed E-state index contributed by atoms with van der Waals surface area (Å²) in [5.41, 5.74) is 0. The fraction of sp³-hybridized carbons (Fsp3) is 0.900. The van der Waals surface area contributed by atoms with Gasteiger partial charge >= 0.3 is 6.09 Å². The smallest absolute Gasteiger partial charge is 0.409 e. The lowest BCUT2D eigenvalue weighted by atomic mass is 10.1. The van der Waals surface area contributed by atoms with E-state index >= 15 is 0 Å². The Morgan fingerprint density at radius 1 is 1.11 bits per heavy atom. The van der Waals surface area contributed by atoms with Crippen LogP contribution in [0.5, 0.6) is 0 Å². The Kier molecular flexibility index (Phi) is 16.6. The van der Waals surface area contributed by atoms with Gasteiger partial charge in [-0.1, -0.05) is 19.3 Å². The van der Waals surface area contributed by atoms with E-state index in [4.69, 9.17) is 9.73 Å². The lowest BCUT2D eigenvalue weighted by Gasteiger charge is -2.32. The van der Waals surface area contributed by atoms with Crippen molar-refractivity contribution in [2.24, 2.45) is 4.99 Å². The highest BCUT2D eigenvalue weighted by Crippen LogP contribution is 2.11. The normalized spacial score (nSPS) is 15.3. The van der Waals surface area contributed by atoms with Gasteiger partial charge in [-0.15, -0.1) is 24.0 Å². The molecule has 0 atom stereocenters. The zero-order valence-electron chi connectivity index (χ0n) is 18.3. The standard InChI is InChI=1S/C20H41N5O2.HI/c1-5-21-19(22-14-10-8-7-9-11-15-24(3)4)23-18-12-16-25(17-13-18)20(26)27-6-2;/h18H,5-17H2,1-4H3,(H2,21,22,23);1H. The number of halogens is 1. The number of amides is 1. The predicted octanol–water partition coefficient (Wildman–Crippen LogP) is 3.29. The molecule has 0 aromatic carbocycles. The van der Waals surface area contributed by atoms with Crippen LogP contribution in [0.4, 0.5) is 4.79 Å². The summed E-state index contributed by atoms with van der Waals surface area (Å²) in [5.74, 6) is 0.902. The van der Waals surface area contributed by atoms with Crippen LogP contribution < -0.4 is 10.6 Å². The molecule has 0 bridgehead atoms. The monoisotopic (exact) mass is 511 g/mol. The molecular weight excluding hydrogens is 469 g/mol. The molecule has 8 heteroatoms. The molecule has 1 fully saturated rings. The molecule has 0 aromatic heterocycles. The second kappa shape index (κ2) is 17.1. The summed E-state index contributed by atoms with van der Waals surface area (Å²) in [6, 6.07) is 0.361. The third kappa shape index (κ3) is 12.6. The minimum atomic E-state index is -0.192. The minimum absolute atomic E-state index is 0. The number of guanidine groups is 1. The molecule has 1 heterocycles. The first-order valence-electron chi connectivity index (χ1n) is 10.7. The highest BCUT2D eigenvalue weighted by molar-refractivity contribution is 14.0. The topological polar surface area (TPSA) is 69.2 Å². The fourth-order valence-corrected chi connectivity index (χ4v) is 3.20. The maximum Gasteiger partial charge on any atom is 0.409 e. The van der Waals surface area contributed by atoms with E-state index in [2.05, 4.69) is 36.6 Å². The number of carbonyl (C=O) groups excluding carboxylic acids is 1. The van der Waals surface area contributed by atoms with Gasteiger partial charge in [-0.05, 0) is 60.2 Å². The van der Waals surface area contributed by atoms with Gasteiger partial charge in [-0.25, -0.2) is 4.79 Å². The molecule has 0 radical (unpaired) electrons. The number of hydrogen-bond acceptors (Lipinski definition) is 4. The fourth-order valence-electron chi connectivity index (χ4n) is 3.20. The molecule has 28 heavy (non-hydrogen) atoms. The Hall–Kier alpha value is -0.770. The zero-order chi connectivity index (χ0) is 19.9. The zero-order valence-corrected chi connectivity index (χ0v) is 20.7. The van der Waals surface area contributed by atoms with Gasteiger partial charge in [0.15, 0.2) is 5.96 Å². The first kappa shape index (κ1) is 27.2. The molecule has 1 rings (SSSR count). The Balaban J connectivity index is 0.00000729. The quantitative estimate of drug-likeness (QED) is 0.193. The minimum Gasteiger partial charge on any atom is -0.450 e. The van der Waals surface area contributed by atoms with Crippen LogP contribution in [0.3, 0.4) is 0 Å². The van der Waals surface area contributed by atoms with Crippen molar-refractivity contribution in [2.45, 2.75) is 64.8 Å². The average Bonchev–Trinajstić information content (AvgIpc) is 2.64. The van der Waals surface area contributed by atoms with Crippen molar-refractivity contribution in [1.82, 2.24) is 20.4 Å². The Morgan fingerprint density at radius 3 is 2.36 bits per heavy atom. The summed E-state index contributed by atoms with van der Waals surface area (Å²) < 4.78 is 5.08. The molecule has 1 aliphatic heterocycles. The summed E-state index contributed by atoms with van der Waals surface area (Å²) in [5, 5.41) is 6.86. The number of unbranched alkanes of at least 4 members (excludes halogenated alkanes) is 4. The van der Waals surface area contributed by atoms with E-state index in [-0.39, 0.29) is 30.1 Å². The number of likely N-dealkylation sites (tertiary alicyclic amines) is 1. The SMILES string of the molecule is CCNC(=NCCCCCCCN(C)C)NC1CCN(C(=O)OCC)CC1.I. The Morgan fingerprint density at radius 2 is 1.75 bits per heavy atom. The molecule has 0 saturated carbocycles. The molecule has 0 aromatic rings. The first-order valence-corrected chi connectivity index (χ1v) is 10.7. The summed E-state index contributed by atoms with van der Waals surface area (Å²) in [4.78, 5) is 20.5. The third-order valence-electron chi connectivity index (χ3n) is 4.74. The van der Waals surface area contributed by atoms with Crippen LogP contribution in [0.2, 0.25) is 0 Å². The number of piperidine rings is 1. The van der Waals surface area contributed by atoms with Gasteiger partial charge in [0.25, 0.3) is 0 Å². The number of nitrogens with zero attached hydrogens (tertiary/aromatic N) is 3. The van der Waals surface area contributed by atoms with E-state index < -0.39 is 0 Å². The highest BCUT2D eigenvalue weighted by Gasteiger charge is 2.23. The number of rotatable bonds is 11. The molecule has 166 valence electrons. The van der Waals surface area contributed by atoms with E-state index in [0.717, 1.165) is 51.4 Å². The molecule has 1 aliphatic rings.